The lowest BCUT2D eigenvalue weighted by Crippen LogP contribution is -2.24. The Kier molecular flexibility index (Phi) is 6.58. The van der Waals surface area contributed by atoms with Crippen molar-refractivity contribution in [3.05, 3.63) is 41.6 Å². The number of nitrogen functional groups attached to an aromatic ring is 1. The molecule has 1 aromatic carbocycles. The molecule has 136 valence electrons. The summed E-state index contributed by atoms with van der Waals surface area (Å²) in [4.78, 5) is 12.3. The number of nitrogens with zero attached hydrogens (tertiary/aromatic N) is 1. The van der Waals surface area contributed by atoms with Gasteiger partial charge in [-0.15, -0.1) is 0 Å². The number of carbonyl (C=O) groups is 1. The Morgan fingerprint density at radius 3 is 2.44 bits per heavy atom. The molecule has 2 rings (SSSR count). The highest BCUT2D eigenvalue weighted by Crippen LogP contribution is 2.34. The predicted octanol–water partition coefficient (Wildman–Crippen LogP) is 1.55. The van der Waals surface area contributed by atoms with Crippen molar-refractivity contribution >= 4 is 11.7 Å². The highest BCUT2D eigenvalue weighted by Gasteiger charge is 2.25. The van der Waals surface area contributed by atoms with Crippen LogP contribution in [0.2, 0.25) is 0 Å². The summed E-state index contributed by atoms with van der Waals surface area (Å²) in [5, 5.41) is 18.4. The van der Waals surface area contributed by atoms with E-state index in [1.807, 2.05) is 30.3 Å². The number of aromatic nitrogens is 1. The van der Waals surface area contributed by atoms with Gasteiger partial charge in [0.05, 0.1) is 31.2 Å². The van der Waals surface area contributed by atoms with Crippen molar-refractivity contribution in [3.8, 4) is 11.3 Å². The number of hydrogen-bond donors (Lipinski definition) is 3. The van der Waals surface area contributed by atoms with Crippen LogP contribution < -0.4 is 5.73 Å². The minimum Gasteiger partial charge on any atom is -0.462 e. The molecule has 0 aliphatic heterocycles. The summed E-state index contributed by atoms with van der Waals surface area (Å²) in [5.74, 6) is -0.491. The van der Waals surface area contributed by atoms with Gasteiger partial charge in [-0.2, -0.15) is 0 Å². The topological polar surface area (TPSA) is 107 Å². The zero-order valence-electron chi connectivity index (χ0n) is 14.4. The maximum absolute atomic E-state index is 12.3. The van der Waals surface area contributed by atoms with E-state index in [1.54, 1.807) is 18.4 Å². The first-order chi connectivity index (χ1) is 12.0. The smallest absolute Gasteiger partial charge is 0.342 e. The van der Waals surface area contributed by atoms with Crippen molar-refractivity contribution in [2.45, 2.75) is 26.7 Å². The summed E-state index contributed by atoms with van der Waals surface area (Å²) >= 11 is 0. The van der Waals surface area contributed by atoms with E-state index >= 15 is 0 Å². The minimum absolute atomic E-state index is 0.0332. The van der Waals surface area contributed by atoms with Crippen molar-refractivity contribution < 1.29 is 24.5 Å². The van der Waals surface area contributed by atoms with Gasteiger partial charge in [-0.3, -0.25) is 0 Å². The SMILES string of the molecule is CCOC(=O)c1c(N)c(-c2ccccc2)n(COC(CO)CO)c1C. The van der Waals surface area contributed by atoms with Crippen LogP contribution in [0.15, 0.2) is 30.3 Å². The number of anilines is 1. The molecule has 25 heavy (non-hydrogen) atoms. The van der Waals surface area contributed by atoms with E-state index in [9.17, 15) is 15.0 Å². The summed E-state index contributed by atoms with van der Waals surface area (Å²) in [6, 6.07) is 9.39. The van der Waals surface area contributed by atoms with Crippen LogP contribution in [0.5, 0.6) is 0 Å². The third kappa shape index (κ3) is 4.01. The second-order valence-electron chi connectivity index (χ2n) is 5.52. The zero-order valence-corrected chi connectivity index (χ0v) is 14.4. The van der Waals surface area contributed by atoms with Gasteiger partial charge < -0.3 is 30.0 Å². The van der Waals surface area contributed by atoms with Crippen LogP contribution in [0.3, 0.4) is 0 Å². The first kappa shape index (κ1) is 19.0. The second kappa shape index (κ2) is 8.66. The van der Waals surface area contributed by atoms with Crippen molar-refractivity contribution in [2.75, 3.05) is 25.6 Å². The summed E-state index contributed by atoms with van der Waals surface area (Å²) in [7, 11) is 0. The van der Waals surface area contributed by atoms with Crippen LogP contribution >= 0.6 is 0 Å². The van der Waals surface area contributed by atoms with E-state index in [1.165, 1.54) is 0 Å². The van der Waals surface area contributed by atoms with Crippen LogP contribution in [-0.4, -0.2) is 46.7 Å². The highest BCUT2D eigenvalue weighted by molar-refractivity contribution is 6.01. The monoisotopic (exact) mass is 348 g/mol. The number of benzene rings is 1. The molecule has 0 radical (unpaired) electrons. The molecule has 1 aromatic heterocycles. The molecule has 2 aromatic rings. The lowest BCUT2D eigenvalue weighted by atomic mass is 10.1. The van der Waals surface area contributed by atoms with Gasteiger partial charge in [-0.1, -0.05) is 30.3 Å². The molecule has 4 N–H and O–H groups in total. The Labute approximate surface area is 146 Å². The van der Waals surface area contributed by atoms with Crippen molar-refractivity contribution in [1.29, 1.82) is 0 Å². The summed E-state index contributed by atoms with van der Waals surface area (Å²) in [6.45, 7) is 3.15. The van der Waals surface area contributed by atoms with Gasteiger partial charge in [0.15, 0.2) is 0 Å². The fourth-order valence-corrected chi connectivity index (χ4v) is 2.63. The van der Waals surface area contributed by atoms with E-state index in [0.29, 0.717) is 22.6 Å². The fourth-order valence-electron chi connectivity index (χ4n) is 2.63. The van der Waals surface area contributed by atoms with E-state index in [2.05, 4.69) is 0 Å². The Morgan fingerprint density at radius 1 is 1.24 bits per heavy atom. The standard InChI is InChI=1S/C18H24N2O5/c1-3-24-18(23)15-12(2)20(11-25-14(9-21)10-22)17(16(15)19)13-7-5-4-6-8-13/h4-8,14,21-22H,3,9-11,19H2,1-2H3. The normalized spacial score (nSPS) is 11.1. The number of ether oxygens (including phenoxy) is 2. The second-order valence-corrected chi connectivity index (χ2v) is 5.52. The van der Waals surface area contributed by atoms with Gasteiger partial charge in [-0.25, -0.2) is 4.79 Å². The predicted molar refractivity (Wildman–Crippen MR) is 94.0 cm³/mol. The maximum atomic E-state index is 12.3. The van der Waals surface area contributed by atoms with Crippen LogP contribution in [-0.2, 0) is 16.2 Å². The van der Waals surface area contributed by atoms with Crippen LogP contribution in [0, 0.1) is 6.92 Å². The van der Waals surface area contributed by atoms with Gasteiger partial charge in [0.1, 0.15) is 18.4 Å². The molecule has 0 amide bonds. The first-order valence-corrected chi connectivity index (χ1v) is 8.09. The summed E-state index contributed by atoms with van der Waals surface area (Å²) < 4.78 is 12.4. The molecular weight excluding hydrogens is 324 g/mol. The van der Waals surface area contributed by atoms with Gasteiger partial charge in [0.2, 0.25) is 0 Å². The summed E-state index contributed by atoms with van der Waals surface area (Å²) in [5.41, 5.74) is 8.94. The van der Waals surface area contributed by atoms with Crippen LogP contribution in [0.25, 0.3) is 11.3 Å². The molecule has 0 saturated carbocycles. The highest BCUT2D eigenvalue weighted by atomic mass is 16.5. The Morgan fingerprint density at radius 2 is 1.88 bits per heavy atom. The van der Waals surface area contributed by atoms with Crippen molar-refractivity contribution in [3.63, 3.8) is 0 Å². The number of esters is 1. The molecular formula is C18H24N2O5. The van der Waals surface area contributed by atoms with E-state index in [0.717, 1.165) is 5.56 Å². The third-order valence-corrected chi connectivity index (χ3v) is 3.93. The van der Waals surface area contributed by atoms with E-state index < -0.39 is 12.1 Å². The number of aliphatic hydroxyl groups is 2. The molecule has 7 heteroatoms. The zero-order chi connectivity index (χ0) is 18.4. The molecule has 0 atom stereocenters. The maximum Gasteiger partial charge on any atom is 0.342 e. The largest absolute Gasteiger partial charge is 0.462 e. The fraction of sp³-hybridized carbons (Fsp3) is 0.389. The Balaban J connectivity index is 2.51. The number of aliphatic hydroxyl groups excluding tert-OH is 2. The van der Waals surface area contributed by atoms with Gasteiger partial charge in [0, 0.05) is 11.3 Å². The Bertz CT molecular complexity index is 708. The summed E-state index contributed by atoms with van der Waals surface area (Å²) in [6.07, 6.45) is -0.710. The molecule has 0 aliphatic carbocycles. The molecule has 0 aliphatic rings. The average molecular weight is 348 g/mol. The minimum atomic E-state index is -0.710. The molecule has 0 unspecified atom stereocenters. The molecule has 1 heterocycles. The van der Waals surface area contributed by atoms with Gasteiger partial charge in [-0.05, 0) is 13.8 Å². The van der Waals surface area contributed by atoms with Crippen LogP contribution in [0.1, 0.15) is 23.0 Å². The lowest BCUT2D eigenvalue weighted by molar-refractivity contribution is -0.0498. The quantitative estimate of drug-likeness (QED) is 0.625. The molecule has 0 spiro atoms. The molecule has 0 bridgehead atoms. The first-order valence-electron chi connectivity index (χ1n) is 8.09. The van der Waals surface area contributed by atoms with Crippen molar-refractivity contribution in [2.24, 2.45) is 0 Å². The number of hydrogen-bond acceptors (Lipinski definition) is 6. The van der Waals surface area contributed by atoms with E-state index in [-0.39, 0.29) is 26.6 Å². The lowest BCUT2D eigenvalue weighted by Gasteiger charge is -2.17. The Hall–Kier alpha value is -2.35. The molecule has 0 saturated heterocycles. The average Bonchev–Trinajstić information content (AvgIpc) is 2.87. The van der Waals surface area contributed by atoms with Gasteiger partial charge in [0.25, 0.3) is 0 Å². The van der Waals surface area contributed by atoms with Gasteiger partial charge >= 0.3 is 5.97 Å². The van der Waals surface area contributed by atoms with Crippen molar-refractivity contribution in [1.82, 2.24) is 4.57 Å². The number of carbonyl (C=O) groups excluding carboxylic acids is 1. The number of nitrogens with two attached hydrogens (primary N) is 1. The van der Waals surface area contributed by atoms with E-state index in [4.69, 9.17) is 15.2 Å². The molecule has 7 nitrogen and oxygen atoms in total. The van der Waals surface area contributed by atoms with Crippen LogP contribution in [0.4, 0.5) is 5.69 Å². The third-order valence-electron chi connectivity index (χ3n) is 3.93. The number of rotatable bonds is 8. The molecule has 0 fully saturated rings.